The first kappa shape index (κ1) is 48.5. The van der Waals surface area contributed by atoms with Crippen LogP contribution in [0.4, 0.5) is 4.79 Å². The maximum atomic E-state index is 15.2. The summed E-state index contributed by atoms with van der Waals surface area (Å²) in [5, 5.41) is 6.69. The number of sulfonamides is 1. The smallest absolute Gasteiger partial charge is 0.408 e. The third kappa shape index (κ3) is 10.6. The molecule has 4 heterocycles. The Hall–Kier alpha value is -4.49. The fraction of sp³-hybridized carbons (Fsp3) is 0.694. The minimum absolute atomic E-state index is 0.0199. The van der Waals surface area contributed by atoms with Crippen LogP contribution in [-0.2, 0) is 45.4 Å². The monoisotopic (exact) mass is 980 g/mol. The SMILES string of the molecule is C=C[C@@H]1C[C@]1(NC(=O)[C@@H]1C[C@@H]2CN1C(=O)[C@H](C1CCCCC1)NC(=O)O[C@@H]1C[C@H]1CCCCCc1c(nc3ccccc3c1OC1CCN(CCS(C)(=O)=O)CC1)O2)C(=O)NS(=O)(=O)C1(C)CC1. The van der Waals surface area contributed by atoms with Crippen molar-refractivity contribution in [2.45, 2.75) is 157 Å². The second kappa shape index (κ2) is 19.4. The van der Waals surface area contributed by atoms with Gasteiger partial charge in [-0.25, -0.2) is 26.6 Å². The number of benzene rings is 1. The van der Waals surface area contributed by atoms with E-state index in [1.165, 1.54) is 17.2 Å². The minimum Gasteiger partial charge on any atom is -0.489 e. The summed E-state index contributed by atoms with van der Waals surface area (Å²) in [5.74, 6) is -1.33. The Bertz CT molecular complexity index is 2500. The highest BCUT2D eigenvalue weighted by Gasteiger charge is 2.63. The second-order valence-electron chi connectivity index (χ2n) is 21.0. The standard InChI is InChI=1S/C49H68N6O11S2/c1-4-33-29-49(33,46(58)53-68(62,63)48(2)21-22-48)52-43(56)39-28-35-30-55(39)45(57)41(31-13-7-5-8-14-31)51-47(59)66-40-27-32(40)15-9-6-10-17-37-42(36-16-11-12-18-38(36)50-44(37)65-35)64-34-19-23-54(24-20-34)25-26-67(3,60)61/h4,11-12,16,18,31-35,39-41H,1,5-10,13-15,17,19-30H2,2-3H3,(H,51,59)(H,52,56)(H,53,58)/t32-,33-,35-,39+,40-,41+,49-/m1/s1. The van der Waals surface area contributed by atoms with Crippen LogP contribution in [0, 0.1) is 17.8 Å². The molecule has 372 valence electrons. The Morgan fingerprint density at radius 3 is 2.35 bits per heavy atom. The Balaban J connectivity index is 1.04. The number of rotatable bonds is 12. The third-order valence-electron chi connectivity index (χ3n) is 15.8. The van der Waals surface area contributed by atoms with Gasteiger partial charge in [0.15, 0.2) is 0 Å². The van der Waals surface area contributed by atoms with Gasteiger partial charge in [-0.3, -0.25) is 19.1 Å². The fourth-order valence-corrected chi connectivity index (χ4v) is 12.8. The van der Waals surface area contributed by atoms with Gasteiger partial charge in [0.1, 0.15) is 51.5 Å². The first-order chi connectivity index (χ1) is 32.5. The molecule has 19 heteroatoms. The summed E-state index contributed by atoms with van der Waals surface area (Å²) in [6, 6.07) is 5.59. The van der Waals surface area contributed by atoms with Crippen LogP contribution in [0.25, 0.3) is 10.9 Å². The van der Waals surface area contributed by atoms with E-state index >= 15 is 4.79 Å². The van der Waals surface area contributed by atoms with Crippen molar-refractivity contribution < 1.29 is 50.2 Å². The van der Waals surface area contributed by atoms with Crippen molar-refractivity contribution in [2.75, 3.05) is 38.2 Å². The van der Waals surface area contributed by atoms with E-state index in [-0.39, 0.29) is 49.2 Å². The van der Waals surface area contributed by atoms with Crippen molar-refractivity contribution in [3.05, 3.63) is 42.5 Å². The molecule has 2 aromatic rings. The number of carbonyl (C=O) groups is 4. The van der Waals surface area contributed by atoms with Crippen LogP contribution < -0.4 is 24.8 Å². The number of fused-ring (bicyclic) bond motifs is 5. The summed E-state index contributed by atoms with van der Waals surface area (Å²) in [4.78, 5) is 66.3. The van der Waals surface area contributed by atoms with Gasteiger partial charge in [-0.05, 0) is 102 Å². The molecule has 1 aromatic carbocycles. The molecule has 1 aromatic heterocycles. The van der Waals surface area contributed by atoms with E-state index in [1.807, 2.05) is 24.3 Å². The molecule has 17 nitrogen and oxygen atoms in total. The number of pyridine rings is 1. The Labute approximate surface area is 400 Å². The van der Waals surface area contributed by atoms with Crippen LogP contribution in [0.5, 0.6) is 11.6 Å². The fourth-order valence-electron chi connectivity index (χ4n) is 10.9. The van der Waals surface area contributed by atoms with Gasteiger partial charge >= 0.3 is 6.09 Å². The number of nitrogens with zero attached hydrogens (tertiary/aromatic N) is 3. The van der Waals surface area contributed by atoms with Gasteiger partial charge in [0.05, 0.1) is 28.1 Å². The number of para-hydroxylation sites is 1. The number of hydrogen-bond donors (Lipinski definition) is 3. The van der Waals surface area contributed by atoms with Gasteiger partial charge in [-0.2, -0.15) is 0 Å². The number of hydrogen-bond acceptors (Lipinski definition) is 13. The molecule has 3 N–H and O–H groups in total. The molecular weight excluding hydrogens is 913 g/mol. The zero-order valence-electron chi connectivity index (χ0n) is 39.4. The highest BCUT2D eigenvalue weighted by atomic mass is 32.2. The van der Waals surface area contributed by atoms with E-state index in [9.17, 15) is 31.2 Å². The van der Waals surface area contributed by atoms with Gasteiger partial charge in [0, 0.05) is 43.6 Å². The summed E-state index contributed by atoms with van der Waals surface area (Å²) in [5.41, 5.74) is -0.143. The lowest BCUT2D eigenvalue weighted by Crippen LogP contribution is -2.59. The van der Waals surface area contributed by atoms with E-state index in [2.05, 4.69) is 26.8 Å². The van der Waals surface area contributed by atoms with E-state index in [0.717, 1.165) is 62.3 Å². The zero-order chi connectivity index (χ0) is 48.0. The lowest BCUT2D eigenvalue weighted by molar-refractivity contribution is -0.142. The maximum Gasteiger partial charge on any atom is 0.408 e. The van der Waals surface area contributed by atoms with Crippen molar-refractivity contribution in [3.8, 4) is 11.6 Å². The first-order valence-electron chi connectivity index (χ1n) is 24.9. The van der Waals surface area contributed by atoms with Crippen LogP contribution in [0.2, 0.25) is 0 Å². The predicted octanol–water partition coefficient (Wildman–Crippen LogP) is 4.71. The normalized spacial score (nSPS) is 30.5. The molecule has 0 unspecified atom stereocenters. The topological polar surface area (TPSA) is 220 Å². The number of sulfone groups is 1. The number of aromatic nitrogens is 1. The number of piperidine rings is 1. The number of nitrogens with one attached hydrogen (secondary N) is 3. The van der Waals surface area contributed by atoms with Gasteiger partial charge in [0.25, 0.3) is 5.91 Å². The quantitative estimate of drug-likeness (QED) is 0.246. The third-order valence-corrected chi connectivity index (χ3v) is 18.9. The molecule has 0 spiro atoms. The van der Waals surface area contributed by atoms with E-state index in [4.69, 9.17) is 19.2 Å². The summed E-state index contributed by atoms with van der Waals surface area (Å²) >= 11 is 0. The van der Waals surface area contributed by atoms with Crippen LogP contribution in [0.1, 0.15) is 115 Å². The lowest BCUT2D eigenvalue weighted by Gasteiger charge is -2.34. The molecule has 3 aliphatic heterocycles. The van der Waals surface area contributed by atoms with E-state index in [1.54, 1.807) is 6.92 Å². The largest absolute Gasteiger partial charge is 0.489 e. The number of carbonyl (C=O) groups excluding carboxylic acids is 4. The van der Waals surface area contributed by atoms with Gasteiger partial charge in [-0.15, -0.1) is 6.58 Å². The molecular formula is C49H68N6O11S2. The summed E-state index contributed by atoms with van der Waals surface area (Å²) in [6.07, 6.45) is 12.4. The Morgan fingerprint density at radius 1 is 0.956 bits per heavy atom. The van der Waals surface area contributed by atoms with Crippen LogP contribution in [0.3, 0.4) is 0 Å². The highest BCUT2D eigenvalue weighted by molar-refractivity contribution is 7.91. The number of amides is 4. The average molecular weight is 981 g/mol. The van der Waals surface area contributed by atoms with E-state index in [0.29, 0.717) is 81.7 Å². The van der Waals surface area contributed by atoms with Crippen LogP contribution in [0.15, 0.2) is 36.9 Å². The molecule has 4 saturated carbocycles. The molecule has 2 saturated heterocycles. The van der Waals surface area contributed by atoms with E-state index < -0.39 is 78.1 Å². The number of ether oxygens (including phenoxy) is 3. The number of likely N-dealkylation sites (tertiary alicyclic amines) is 1. The van der Waals surface area contributed by atoms with Crippen molar-refractivity contribution in [1.82, 2.24) is 30.1 Å². The molecule has 7 aliphatic rings. The van der Waals surface area contributed by atoms with Crippen molar-refractivity contribution in [1.29, 1.82) is 0 Å². The predicted molar refractivity (Wildman–Crippen MR) is 254 cm³/mol. The highest BCUT2D eigenvalue weighted by Crippen LogP contribution is 2.48. The maximum absolute atomic E-state index is 15.2. The summed E-state index contributed by atoms with van der Waals surface area (Å²) in [6.45, 7) is 7.26. The molecule has 68 heavy (non-hydrogen) atoms. The molecule has 4 amide bonds. The molecule has 2 bridgehead atoms. The molecule has 6 fully saturated rings. The molecule has 9 rings (SSSR count). The van der Waals surface area contributed by atoms with Crippen molar-refractivity contribution in [2.24, 2.45) is 17.8 Å². The van der Waals surface area contributed by atoms with Gasteiger partial charge < -0.3 is 34.6 Å². The minimum atomic E-state index is -4.03. The molecule has 4 aliphatic carbocycles. The van der Waals surface area contributed by atoms with Crippen LogP contribution in [-0.4, -0.2) is 134 Å². The first-order valence-corrected chi connectivity index (χ1v) is 28.4. The zero-order valence-corrected chi connectivity index (χ0v) is 41.1. The number of alkyl carbamates (subject to hydrolysis) is 1. The summed E-state index contributed by atoms with van der Waals surface area (Å²) < 4.78 is 71.4. The molecule has 7 atom stereocenters. The van der Waals surface area contributed by atoms with Crippen molar-refractivity contribution >= 4 is 54.6 Å². The van der Waals surface area contributed by atoms with Crippen LogP contribution >= 0.6 is 0 Å². The van der Waals surface area contributed by atoms with Gasteiger partial charge in [-0.1, -0.05) is 50.3 Å². The average Bonchev–Trinajstić information content (AvgIpc) is 4.27. The Kier molecular flexibility index (Phi) is 13.8. The van der Waals surface area contributed by atoms with Gasteiger partial charge in [0.2, 0.25) is 27.7 Å². The second-order valence-corrected chi connectivity index (χ2v) is 25.4. The summed E-state index contributed by atoms with van der Waals surface area (Å²) in [7, 11) is -7.13. The lowest BCUT2D eigenvalue weighted by atomic mass is 9.83. The molecule has 0 radical (unpaired) electrons. The Morgan fingerprint density at radius 2 is 1.66 bits per heavy atom. The van der Waals surface area contributed by atoms with Crippen molar-refractivity contribution in [3.63, 3.8) is 0 Å².